The van der Waals surface area contributed by atoms with Gasteiger partial charge in [0.05, 0.1) is 0 Å². The first-order valence-electron chi connectivity index (χ1n) is 7.74. The van der Waals surface area contributed by atoms with E-state index in [4.69, 9.17) is 0 Å². The fourth-order valence-corrected chi connectivity index (χ4v) is 3.01. The first-order valence-corrected chi connectivity index (χ1v) is 7.74. The van der Waals surface area contributed by atoms with Crippen molar-refractivity contribution in [2.45, 2.75) is 26.2 Å². The summed E-state index contributed by atoms with van der Waals surface area (Å²) in [5.41, 5.74) is 1.49. The second-order valence-corrected chi connectivity index (χ2v) is 5.42. The van der Waals surface area contributed by atoms with E-state index < -0.39 is 0 Å². The number of benzene rings is 3. The van der Waals surface area contributed by atoms with Gasteiger partial charge < -0.3 is 0 Å². The van der Waals surface area contributed by atoms with Crippen LogP contribution in [0, 0.1) is 0 Å². The van der Waals surface area contributed by atoms with E-state index in [9.17, 15) is 0 Å². The summed E-state index contributed by atoms with van der Waals surface area (Å²) in [6.45, 7) is 2.93. The van der Waals surface area contributed by atoms with Crippen molar-refractivity contribution in [2.24, 2.45) is 4.99 Å². The topological polar surface area (TPSA) is 12.4 Å². The van der Waals surface area contributed by atoms with Crippen molar-refractivity contribution >= 4 is 27.8 Å². The van der Waals surface area contributed by atoms with E-state index in [0.717, 1.165) is 19.4 Å². The summed E-state index contributed by atoms with van der Waals surface area (Å²) in [5, 5.41) is 5.49. The molecule has 0 fully saturated rings. The Balaban J connectivity index is 1.99. The molecule has 106 valence electrons. The molecule has 0 amide bonds. The Morgan fingerprint density at radius 3 is 2.10 bits per heavy atom. The molecule has 3 aromatic carbocycles. The number of hydrogen-bond acceptors (Lipinski definition) is 1. The van der Waals surface area contributed by atoms with Gasteiger partial charge in [0.1, 0.15) is 0 Å². The highest BCUT2D eigenvalue weighted by molar-refractivity contribution is 6.02. The van der Waals surface area contributed by atoms with Crippen LogP contribution in [0.4, 0.5) is 0 Å². The predicted octanol–water partition coefficient (Wildman–Crippen LogP) is 5.41. The summed E-state index contributed by atoms with van der Waals surface area (Å²) >= 11 is 0. The number of unbranched alkanes of at least 4 members (excludes halogenated alkanes) is 1. The van der Waals surface area contributed by atoms with Crippen molar-refractivity contribution < 1.29 is 0 Å². The zero-order valence-electron chi connectivity index (χ0n) is 12.5. The minimum atomic E-state index is 0.944. The van der Waals surface area contributed by atoms with Gasteiger partial charge in [-0.05, 0) is 65.6 Å². The van der Waals surface area contributed by atoms with Gasteiger partial charge in [0.25, 0.3) is 0 Å². The number of aryl methyl sites for hydroxylation is 1. The molecule has 0 aromatic heterocycles. The second kappa shape index (κ2) is 6.53. The lowest BCUT2D eigenvalue weighted by Crippen LogP contribution is -1.92. The first kappa shape index (κ1) is 13.8. The van der Waals surface area contributed by atoms with E-state index >= 15 is 0 Å². The van der Waals surface area contributed by atoms with Gasteiger partial charge in [-0.25, -0.2) is 0 Å². The third kappa shape index (κ3) is 2.97. The Bertz CT molecular complexity index is 717. The average Bonchev–Trinajstić information content (AvgIpc) is 2.53. The zero-order valence-corrected chi connectivity index (χ0v) is 12.5. The maximum atomic E-state index is 4.30. The minimum Gasteiger partial charge on any atom is -0.298 e. The van der Waals surface area contributed by atoms with Crippen LogP contribution in [0.5, 0.6) is 0 Å². The molecule has 3 aromatic rings. The van der Waals surface area contributed by atoms with E-state index in [1.165, 1.54) is 33.5 Å². The number of nitrogens with zero attached hydrogens (tertiary/aromatic N) is 1. The maximum absolute atomic E-state index is 4.30. The van der Waals surface area contributed by atoms with E-state index in [1.54, 1.807) is 0 Å². The van der Waals surface area contributed by atoms with Gasteiger partial charge in [-0.1, -0.05) is 48.5 Å². The molecule has 1 nitrogen and oxygen atoms in total. The fraction of sp³-hybridized carbons (Fsp3) is 0.250. The van der Waals surface area contributed by atoms with E-state index in [0.29, 0.717) is 0 Å². The highest BCUT2D eigenvalue weighted by atomic mass is 14.7. The molecule has 0 aliphatic rings. The number of aliphatic imine (C=N–C) groups is 1. The molecule has 0 unspecified atom stereocenters. The van der Waals surface area contributed by atoms with Crippen LogP contribution in [-0.2, 0) is 6.42 Å². The van der Waals surface area contributed by atoms with Crippen molar-refractivity contribution in [3.8, 4) is 0 Å². The monoisotopic (exact) mass is 275 g/mol. The van der Waals surface area contributed by atoms with E-state index in [1.807, 2.05) is 13.1 Å². The van der Waals surface area contributed by atoms with Gasteiger partial charge in [-0.2, -0.15) is 0 Å². The minimum absolute atomic E-state index is 0.944. The highest BCUT2D eigenvalue weighted by Gasteiger charge is 2.06. The van der Waals surface area contributed by atoms with Crippen molar-refractivity contribution in [2.75, 3.05) is 6.54 Å². The molecule has 0 saturated carbocycles. The molecule has 0 bridgehead atoms. The third-order valence-electron chi connectivity index (χ3n) is 4.03. The third-order valence-corrected chi connectivity index (χ3v) is 4.03. The largest absolute Gasteiger partial charge is 0.298 e. The quantitative estimate of drug-likeness (QED) is 0.335. The van der Waals surface area contributed by atoms with Gasteiger partial charge in [-0.15, -0.1) is 0 Å². The Morgan fingerprint density at radius 1 is 0.857 bits per heavy atom. The molecular formula is C20H21N. The van der Waals surface area contributed by atoms with Crippen LogP contribution < -0.4 is 0 Å². The van der Waals surface area contributed by atoms with Crippen molar-refractivity contribution in [1.29, 1.82) is 0 Å². The lowest BCUT2D eigenvalue weighted by Gasteiger charge is -2.11. The van der Waals surface area contributed by atoms with Crippen LogP contribution in [-0.4, -0.2) is 12.8 Å². The molecule has 0 aliphatic carbocycles. The molecule has 3 rings (SSSR count). The first-order chi connectivity index (χ1) is 10.4. The van der Waals surface area contributed by atoms with E-state index in [2.05, 4.69) is 59.6 Å². The van der Waals surface area contributed by atoms with Crippen molar-refractivity contribution in [1.82, 2.24) is 0 Å². The molecule has 0 heterocycles. The van der Waals surface area contributed by atoms with Crippen LogP contribution in [0.2, 0.25) is 0 Å². The SMILES string of the molecule is CC=NCCCCc1c2ccccc2cc2ccccc12. The molecule has 0 aliphatic heterocycles. The molecular weight excluding hydrogens is 254 g/mol. The molecule has 0 saturated heterocycles. The van der Waals surface area contributed by atoms with Gasteiger partial charge in [0.2, 0.25) is 0 Å². The molecule has 0 N–H and O–H groups in total. The Hall–Kier alpha value is -2.15. The molecule has 0 spiro atoms. The Labute approximate surface area is 126 Å². The van der Waals surface area contributed by atoms with Gasteiger partial charge >= 0.3 is 0 Å². The summed E-state index contributed by atoms with van der Waals surface area (Å²) < 4.78 is 0. The Kier molecular flexibility index (Phi) is 4.30. The summed E-state index contributed by atoms with van der Waals surface area (Å²) in [6.07, 6.45) is 5.37. The van der Waals surface area contributed by atoms with Crippen LogP contribution in [0.1, 0.15) is 25.3 Å². The average molecular weight is 275 g/mol. The predicted molar refractivity (Wildman–Crippen MR) is 93.4 cm³/mol. The summed E-state index contributed by atoms with van der Waals surface area (Å²) in [6, 6.07) is 19.8. The molecule has 0 radical (unpaired) electrons. The van der Waals surface area contributed by atoms with Gasteiger partial charge in [0.15, 0.2) is 0 Å². The molecule has 0 atom stereocenters. The lowest BCUT2D eigenvalue weighted by molar-refractivity contribution is 0.752. The van der Waals surface area contributed by atoms with Crippen LogP contribution in [0.15, 0.2) is 59.6 Å². The van der Waals surface area contributed by atoms with Crippen molar-refractivity contribution in [3.05, 3.63) is 60.2 Å². The van der Waals surface area contributed by atoms with E-state index in [-0.39, 0.29) is 0 Å². The summed E-state index contributed by atoms with van der Waals surface area (Å²) in [5.74, 6) is 0. The lowest BCUT2D eigenvalue weighted by atomic mass is 9.93. The van der Waals surface area contributed by atoms with Gasteiger partial charge in [0, 0.05) is 6.54 Å². The molecule has 1 heteroatoms. The van der Waals surface area contributed by atoms with Gasteiger partial charge in [-0.3, -0.25) is 4.99 Å². The van der Waals surface area contributed by atoms with Crippen LogP contribution >= 0.6 is 0 Å². The summed E-state index contributed by atoms with van der Waals surface area (Å²) in [4.78, 5) is 4.30. The number of rotatable bonds is 5. The normalized spacial score (nSPS) is 11.7. The van der Waals surface area contributed by atoms with Crippen molar-refractivity contribution in [3.63, 3.8) is 0 Å². The van der Waals surface area contributed by atoms with Crippen LogP contribution in [0.3, 0.4) is 0 Å². The highest BCUT2D eigenvalue weighted by Crippen LogP contribution is 2.29. The van der Waals surface area contributed by atoms with Crippen LogP contribution in [0.25, 0.3) is 21.5 Å². The summed E-state index contributed by atoms with van der Waals surface area (Å²) in [7, 11) is 0. The maximum Gasteiger partial charge on any atom is 0.0385 e. The molecule has 21 heavy (non-hydrogen) atoms. The second-order valence-electron chi connectivity index (χ2n) is 5.42. The zero-order chi connectivity index (χ0) is 14.5. The number of hydrogen-bond donors (Lipinski definition) is 0. The fourth-order valence-electron chi connectivity index (χ4n) is 3.01. The number of fused-ring (bicyclic) bond motifs is 2. The smallest absolute Gasteiger partial charge is 0.0385 e. The standard InChI is InChI=1S/C20H21N/c1-2-21-14-8-7-13-20-18-11-5-3-9-16(18)15-17-10-4-6-12-19(17)20/h2-6,9-12,15H,7-8,13-14H2,1H3. The Morgan fingerprint density at radius 2 is 1.48 bits per heavy atom.